The van der Waals surface area contributed by atoms with Crippen LogP contribution in [0.25, 0.3) is 0 Å². The fourth-order valence-electron chi connectivity index (χ4n) is 1.93. The van der Waals surface area contributed by atoms with Crippen LogP contribution in [0.3, 0.4) is 0 Å². The Kier molecular flexibility index (Phi) is 5.70. The molecule has 0 saturated carbocycles. The third-order valence-electron chi connectivity index (χ3n) is 3.05. The Hall–Kier alpha value is -0.770. The normalized spacial score (nSPS) is 12.4. The zero-order valence-electron chi connectivity index (χ0n) is 10.6. The Labute approximate surface area is 133 Å². The number of hydrogen-bond donors (Lipinski definition) is 2. The molecule has 0 spiro atoms. The van der Waals surface area contributed by atoms with Crippen molar-refractivity contribution in [3.8, 4) is 0 Å². The molecule has 2 aromatic carbocycles. The maximum absolute atomic E-state index is 9.50. The summed E-state index contributed by atoms with van der Waals surface area (Å²) in [5, 5.41) is 14.2. The molecular weight excluding hydrogens is 317 g/mol. The van der Waals surface area contributed by atoms with Crippen LogP contribution in [0.2, 0.25) is 15.1 Å². The summed E-state index contributed by atoms with van der Waals surface area (Å²) in [5.74, 6) is 0. The fraction of sp³-hybridized carbons (Fsp3) is 0.200. The third-order valence-corrected chi connectivity index (χ3v) is 4.25. The highest BCUT2D eigenvalue weighted by atomic mass is 35.5. The third kappa shape index (κ3) is 3.66. The molecular formula is C15H14Cl3NO. The first kappa shape index (κ1) is 15.6. The fourth-order valence-corrected chi connectivity index (χ4v) is 2.61. The first-order valence-electron chi connectivity index (χ1n) is 6.15. The zero-order valence-corrected chi connectivity index (χ0v) is 12.9. The Balaban J connectivity index is 2.14. The summed E-state index contributed by atoms with van der Waals surface area (Å²) < 4.78 is 0. The van der Waals surface area contributed by atoms with E-state index in [1.54, 1.807) is 12.1 Å². The van der Waals surface area contributed by atoms with Gasteiger partial charge in [-0.05, 0) is 17.7 Å². The second kappa shape index (κ2) is 7.30. The first-order chi connectivity index (χ1) is 9.63. The predicted octanol–water partition coefficient (Wildman–Crippen LogP) is 4.47. The summed E-state index contributed by atoms with van der Waals surface area (Å²) in [4.78, 5) is 0. The maximum Gasteiger partial charge on any atom is 0.0652 e. The molecule has 0 bridgehead atoms. The van der Waals surface area contributed by atoms with Gasteiger partial charge in [-0.2, -0.15) is 0 Å². The SMILES string of the molecule is OC[C@H](NCc1c(Cl)ccc(Cl)c1Cl)c1ccccc1. The standard InChI is InChI=1S/C15H14Cl3NO/c16-12-6-7-13(17)15(18)11(12)8-19-14(9-20)10-4-2-1-3-5-10/h1-7,14,19-20H,8-9H2/t14-/m0/s1. The lowest BCUT2D eigenvalue weighted by Gasteiger charge is -2.18. The monoisotopic (exact) mass is 329 g/mol. The Morgan fingerprint density at radius 2 is 1.60 bits per heavy atom. The van der Waals surface area contributed by atoms with Gasteiger partial charge in [-0.3, -0.25) is 0 Å². The van der Waals surface area contributed by atoms with E-state index in [4.69, 9.17) is 34.8 Å². The second-order valence-corrected chi connectivity index (χ2v) is 5.54. The van der Waals surface area contributed by atoms with Gasteiger partial charge in [0.1, 0.15) is 0 Å². The lowest BCUT2D eigenvalue weighted by molar-refractivity contribution is 0.243. The quantitative estimate of drug-likeness (QED) is 0.793. The van der Waals surface area contributed by atoms with Crippen LogP contribution in [0.4, 0.5) is 0 Å². The van der Waals surface area contributed by atoms with Crippen LogP contribution < -0.4 is 5.32 Å². The minimum absolute atomic E-state index is 0.0141. The highest BCUT2D eigenvalue weighted by Gasteiger charge is 2.13. The van der Waals surface area contributed by atoms with Crippen molar-refractivity contribution >= 4 is 34.8 Å². The van der Waals surface area contributed by atoms with Crippen molar-refractivity contribution in [2.45, 2.75) is 12.6 Å². The van der Waals surface area contributed by atoms with E-state index in [-0.39, 0.29) is 12.6 Å². The van der Waals surface area contributed by atoms with Crippen LogP contribution in [-0.2, 0) is 6.54 Å². The van der Waals surface area contributed by atoms with E-state index in [1.165, 1.54) is 0 Å². The number of aliphatic hydroxyl groups is 1. The number of rotatable bonds is 5. The molecule has 2 N–H and O–H groups in total. The van der Waals surface area contributed by atoms with Crippen LogP contribution in [0.5, 0.6) is 0 Å². The van der Waals surface area contributed by atoms with E-state index >= 15 is 0 Å². The summed E-state index contributed by atoms with van der Waals surface area (Å²) in [6, 6.07) is 12.9. The molecule has 2 rings (SSSR count). The summed E-state index contributed by atoms with van der Waals surface area (Å²) in [5.41, 5.74) is 1.74. The number of aliphatic hydroxyl groups excluding tert-OH is 1. The van der Waals surface area contributed by atoms with Gasteiger partial charge in [-0.1, -0.05) is 65.1 Å². The lowest BCUT2D eigenvalue weighted by Crippen LogP contribution is -2.24. The lowest BCUT2D eigenvalue weighted by atomic mass is 10.1. The predicted molar refractivity (Wildman–Crippen MR) is 84.6 cm³/mol. The molecule has 0 aliphatic heterocycles. The molecule has 0 aromatic heterocycles. The van der Waals surface area contributed by atoms with Crippen molar-refractivity contribution in [1.29, 1.82) is 0 Å². The molecule has 0 fully saturated rings. The van der Waals surface area contributed by atoms with Crippen LogP contribution >= 0.6 is 34.8 Å². The van der Waals surface area contributed by atoms with Gasteiger partial charge in [-0.25, -0.2) is 0 Å². The molecule has 5 heteroatoms. The average molecular weight is 331 g/mol. The highest BCUT2D eigenvalue weighted by molar-refractivity contribution is 6.44. The van der Waals surface area contributed by atoms with Crippen LogP contribution in [0, 0.1) is 0 Å². The molecule has 0 aliphatic rings. The van der Waals surface area contributed by atoms with E-state index in [0.29, 0.717) is 21.6 Å². The van der Waals surface area contributed by atoms with Crippen molar-refractivity contribution in [1.82, 2.24) is 5.32 Å². The molecule has 2 aromatic rings. The number of benzene rings is 2. The second-order valence-electron chi connectivity index (χ2n) is 4.35. The number of nitrogens with one attached hydrogen (secondary N) is 1. The van der Waals surface area contributed by atoms with Crippen LogP contribution in [-0.4, -0.2) is 11.7 Å². The van der Waals surface area contributed by atoms with Crippen molar-refractivity contribution in [3.05, 3.63) is 68.7 Å². The Morgan fingerprint density at radius 3 is 2.25 bits per heavy atom. The van der Waals surface area contributed by atoms with Gasteiger partial charge in [0, 0.05) is 17.1 Å². The van der Waals surface area contributed by atoms with Crippen molar-refractivity contribution in [2.75, 3.05) is 6.61 Å². The summed E-state index contributed by atoms with van der Waals surface area (Å²) in [6.45, 7) is 0.415. The van der Waals surface area contributed by atoms with Crippen LogP contribution in [0.1, 0.15) is 17.2 Å². The molecule has 0 saturated heterocycles. The minimum Gasteiger partial charge on any atom is -0.394 e. The van der Waals surface area contributed by atoms with Gasteiger partial charge in [-0.15, -0.1) is 0 Å². The van der Waals surface area contributed by atoms with Gasteiger partial charge in [0.25, 0.3) is 0 Å². The van der Waals surface area contributed by atoms with Crippen LogP contribution in [0.15, 0.2) is 42.5 Å². The number of halogens is 3. The van der Waals surface area contributed by atoms with Crippen molar-refractivity contribution < 1.29 is 5.11 Å². The molecule has 0 aliphatic carbocycles. The highest BCUT2D eigenvalue weighted by Crippen LogP contribution is 2.31. The first-order valence-corrected chi connectivity index (χ1v) is 7.28. The molecule has 1 atom stereocenters. The largest absolute Gasteiger partial charge is 0.394 e. The van der Waals surface area contributed by atoms with Gasteiger partial charge >= 0.3 is 0 Å². The van der Waals surface area contributed by atoms with Gasteiger partial charge in [0.05, 0.1) is 22.7 Å². The summed E-state index contributed by atoms with van der Waals surface area (Å²) in [6.07, 6.45) is 0. The smallest absolute Gasteiger partial charge is 0.0652 e. The van der Waals surface area contributed by atoms with Gasteiger partial charge < -0.3 is 10.4 Å². The summed E-state index contributed by atoms with van der Waals surface area (Å²) in [7, 11) is 0. The van der Waals surface area contributed by atoms with Gasteiger partial charge in [0.2, 0.25) is 0 Å². The van der Waals surface area contributed by atoms with E-state index < -0.39 is 0 Å². The molecule has 0 radical (unpaired) electrons. The minimum atomic E-state index is -0.178. The molecule has 0 heterocycles. The van der Waals surface area contributed by atoms with Crippen molar-refractivity contribution in [3.63, 3.8) is 0 Å². The molecule has 106 valence electrons. The molecule has 20 heavy (non-hydrogen) atoms. The topological polar surface area (TPSA) is 32.3 Å². The average Bonchev–Trinajstić information content (AvgIpc) is 2.48. The van der Waals surface area contributed by atoms with E-state index in [0.717, 1.165) is 11.1 Å². The van der Waals surface area contributed by atoms with Crippen molar-refractivity contribution in [2.24, 2.45) is 0 Å². The van der Waals surface area contributed by atoms with E-state index in [1.807, 2.05) is 30.3 Å². The Morgan fingerprint density at radius 1 is 0.950 bits per heavy atom. The van der Waals surface area contributed by atoms with Gasteiger partial charge in [0.15, 0.2) is 0 Å². The van der Waals surface area contributed by atoms with E-state index in [9.17, 15) is 5.11 Å². The molecule has 0 unspecified atom stereocenters. The number of hydrogen-bond acceptors (Lipinski definition) is 2. The summed E-state index contributed by atoms with van der Waals surface area (Å²) >= 11 is 18.3. The zero-order chi connectivity index (χ0) is 14.5. The Bertz CT molecular complexity index is 575. The van der Waals surface area contributed by atoms with E-state index in [2.05, 4.69) is 5.32 Å². The molecule has 2 nitrogen and oxygen atoms in total. The maximum atomic E-state index is 9.50. The molecule has 0 amide bonds.